The third-order valence-corrected chi connectivity index (χ3v) is 3.49. The molecule has 0 aromatic rings. The van der Waals surface area contributed by atoms with E-state index in [4.69, 9.17) is 0 Å². The molecule has 1 amide bonds. The summed E-state index contributed by atoms with van der Waals surface area (Å²) in [6.45, 7) is 6.55. The Hall–Kier alpha value is -0.570. The van der Waals surface area contributed by atoms with Crippen molar-refractivity contribution < 1.29 is 4.79 Å². The molecule has 2 aliphatic rings. The lowest BCUT2D eigenvalue weighted by molar-refractivity contribution is -0.143. The summed E-state index contributed by atoms with van der Waals surface area (Å²) in [6, 6.07) is 0. The monoisotopic (exact) mass is 182 g/mol. The fraction of sp³-hybridized carbons (Fsp3) is 0.900. The maximum atomic E-state index is 11.5. The van der Waals surface area contributed by atoms with Crippen LogP contribution in [0.25, 0.3) is 0 Å². The number of hydrogen-bond donors (Lipinski definition) is 0. The molecule has 2 rings (SSSR count). The van der Waals surface area contributed by atoms with Crippen LogP contribution < -0.4 is 0 Å². The average Bonchev–Trinajstić information content (AvgIpc) is 2.06. The molecule has 0 aromatic carbocycles. The SMILES string of the molecule is CCN1CC2(CCN(C)C(=O)C2)C1. The molecule has 13 heavy (non-hydrogen) atoms. The number of rotatable bonds is 1. The fourth-order valence-electron chi connectivity index (χ4n) is 2.47. The van der Waals surface area contributed by atoms with Crippen LogP contribution >= 0.6 is 0 Å². The summed E-state index contributed by atoms with van der Waals surface area (Å²) in [5.41, 5.74) is 0.361. The standard InChI is InChI=1S/C10H18N2O/c1-3-12-7-10(8-12)4-5-11(2)9(13)6-10/h3-8H2,1-2H3. The van der Waals surface area contributed by atoms with Crippen molar-refractivity contribution in [2.75, 3.05) is 33.2 Å². The largest absolute Gasteiger partial charge is 0.346 e. The van der Waals surface area contributed by atoms with Crippen LogP contribution in [0.1, 0.15) is 19.8 Å². The van der Waals surface area contributed by atoms with Crippen molar-refractivity contribution in [3.05, 3.63) is 0 Å². The third kappa shape index (κ3) is 1.46. The molecular formula is C10H18N2O. The molecule has 74 valence electrons. The van der Waals surface area contributed by atoms with Crippen LogP contribution in [0.2, 0.25) is 0 Å². The molecule has 0 aromatic heterocycles. The summed E-state index contributed by atoms with van der Waals surface area (Å²) in [6.07, 6.45) is 1.98. The Morgan fingerprint density at radius 2 is 2.15 bits per heavy atom. The van der Waals surface area contributed by atoms with Gasteiger partial charge in [-0.25, -0.2) is 0 Å². The van der Waals surface area contributed by atoms with Crippen LogP contribution in [-0.4, -0.2) is 48.9 Å². The van der Waals surface area contributed by atoms with Gasteiger partial charge >= 0.3 is 0 Å². The Labute approximate surface area is 79.7 Å². The maximum Gasteiger partial charge on any atom is 0.222 e. The van der Waals surface area contributed by atoms with Crippen LogP contribution in [0.15, 0.2) is 0 Å². The minimum atomic E-state index is 0.335. The maximum absolute atomic E-state index is 11.5. The van der Waals surface area contributed by atoms with E-state index < -0.39 is 0 Å². The Kier molecular flexibility index (Phi) is 2.06. The molecule has 0 bridgehead atoms. The molecule has 0 N–H and O–H groups in total. The third-order valence-electron chi connectivity index (χ3n) is 3.49. The van der Waals surface area contributed by atoms with E-state index in [0.717, 1.165) is 32.6 Å². The zero-order valence-electron chi connectivity index (χ0n) is 8.55. The van der Waals surface area contributed by atoms with Gasteiger partial charge in [-0.3, -0.25) is 4.79 Å². The molecule has 0 radical (unpaired) electrons. The Morgan fingerprint density at radius 1 is 1.46 bits per heavy atom. The lowest BCUT2D eigenvalue weighted by Crippen LogP contribution is -2.60. The predicted octanol–water partition coefficient (Wildman–Crippen LogP) is 0.560. The van der Waals surface area contributed by atoms with Crippen molar-refractivity contribution in [2.45, 2.75) is 19.8 Å². The number of carbonyl (C=O) groups is 1. The van der Waals surface area contributed by atoms with E-state index in [-0.39, 0.29) is 0 Å². The summed E-state index contributed by atoms with van der Waals surface area (Å²) in [5, 5.41) is 0. The van der Waals surface area contributed by atoms with Gasteiger partial charge in [0, 0.05) is 38.5 Å². The Bertz CT molecular complexity index is 215. The molecule has 3 nitrogen and oxygen atoms in total. The van der Waals surface area contributed by atoms with E-state index in [9.17, 15) is 4.79 Å². The minimum absolute atomic E-state index is 0.335. The number of piperidine rings is 1. The second-order valence-corrected chi connectivity index (χ2v) is 4.55. The highest BCUT2D eigenvalue weighted by Gasteiger charge is 2.46. The quantitative estimate of drug-likeness (QED) is 0.591. The molecule has 2 fully saturated rings. The first-order valence-corrected chi connectivity index (χ1v) is 5.11. The topological polar surface area (TPSA) is 23.6 Å². The van der Waals surface area contributed by atoms with Gasteiger partial charge < -0.3 is 9.80 Å². The number of nitrogens with zero attached hydrogens (tertiary/aromatic N) is 2. The molecule has 0 unspecified atom stereocenters. The Balaban J connectivity index is 1.93. The van der Waals surface area contributed by atoms with Crippen molar-refractivity contribution in [1.82, 2.24) is 9.80 Å². The van der Waals surface area contributed by atoms with Gasteiger partial charge in [0.15, 0.2) is 0 Å². The van der Waals surface area contributed by atoms with Gasteiger partial charge in [0.05, 0.1) is 0 Å². The van der Waals surface area contributed by atoms with E-state index in [1.54, 1.807) is 0 Å². The lowest BCUT2D eigenvalue weighted by Gasteiger charge is -2.53. The highest BCUT2D eigenvalue weighted by molar-refractivity contribution is 5.77. The predicted molar refractivity (Wildman–Crippen MR) is 51.4 cm³/mol. The summed E-state index contributed by atoms with van der Waals surface area (Å²) in [4.78, 5) is 15.8. The van der Waals surface area contributed by atoms with Crippen LogP contribution in [0.4, 0.5) is 0 Å². The minimum Gasteiger partial charge on any atom is -0.346 e. The van der Waals surface area contributed by atoms with Gasteiger partial charge in [-0.05, 0) is 13.0 Å². The summed E-state index contributed by atoms with van der Waals surface area (Å²) in [7, 11) is 1.91. The lowest BCUT2D eigenvalue weighted by atomic mass is 9.72. The van der Waals surface area contributed by atoms with Gasteiger partial charge in [0.2, 0.25) is 5.91 Å². The number of likely N-dealkylation sites (tertiary alicyclic amines) is 2. The zero-order valence-corrected chi connectivity index (χ0v) is 8.55. The van der Waals surface area contributed by atoms with Crippen molar-refractivity contribution in [2.24, 2.45) is 5.41 Å². The average molecular weight is 182 g/mol. The molecular weight excluding hydrogens is 164 g/mol. The van der Waals surface area contributed by atoms with Crippen molar-refractivity contribution in [1.29, 1.82) is 0 Å². The van der Waals surface area contributed by atoms with Gasteiger partial charge in [-0.1, -0.05) is 6.92 Å². The molecule has 0 saturated carbocycles. The summed E-state index contributed by atoms with van der Waals surface area (Å²) in [5.74, 6) is 0.335. The van der Waals surface area contributed by atoms with Gasteiger partial charge in [-0.15, -0.1) is 0 Å². The Morgan fingerprint density at radius 3 is 2.69 bits per heavy atom. The van der Waals surface area contributed by atoms with Gasteiger partial charge in [0.25, 0.3) is 0 Å². The van der Waals surface area contributed by atoms with Crippen molar-refractivity contribution in [3.63, 3.8) is 0 Å². The molecule has 2 heterocycles. The molecule has 1 spiro atoms. The fourth-order valence-corrected chi connectivity index (χ4v) is 2.47. The second-order valence-electron chi connectivity index (χ2n) is 4.55. The van der Waals surface area contributed by atoms with E-state index in [0.29, 0.717) is 11.3 Å². The molecule has 2 aliphatic heterocycles. The van der Waals surface area contributed by atoms with Crippen LogP contribution in [0.5, 0.6) is 0 Å². The highest BCUT2D eigenvalue weighted by atomic mass is 16.2. The van der Waals surface area contributed by atoms with E-state index in [1.807, 2.05) is 11.9 Å². The van der Waals surface area contributed by atoms with Crippen molar-refractivity contribution in [3.8, 4) is 0 Å². The van der Waals surface area contributed by atoms with E-state index in [2.05, 4.69) is 11.8 Å². The number of carbonyl (C=O) groups excluding carboxylic acids is 1. The van der Waals surface area contributed by atoms with Gasteiger partial charge in [0.1, 0.15) is 0 Å². The van der Waals surface area contributed by atoms with Crippen LogP contribution in [-0.2, 0) is 4.79 Å². The highest BCUT2D eigenvalue weighted by Crippen LogP contribution is 2.40. The first kappa shape index (κ1) is 9.00. The molecule has 0 atom stereocenters. The number of amides is 1. The molecule has 3 heteroatoms. The van der Waals surface area contributed by atoms with Crippen molar-refractivity contribution >= 4 is 5.91 Å². The first-order valence-electron chi connectivity index (χ1n) is 5.11. The van der Waals surface area contributed by atoms with Crippen LogP contribution in [0, 0.1) is 5.41 Å². The number of hydrogen-bond acceptors (Lipinski definition) is 2. The van der Waals surface area contributed by atoms with E-state index in [1.165, 1.54) is 6.42 Å². The molecule has 2 saturated heterocycles. The summed E-state index contributed by atoms with van der Waals surface area (Å²) >= 11 is 0. The zero-order chi connectivity index (χ0) is 9.47. The van der Waals surface area contributed by atoms with Crippen LogP contribution in [0.3, 0.4) is 0 Å². The summed E-state index contributed by atoms with van der Waals surface area (Å²) < 4.78 is 0. The first-order chi connectivity index (χ1) is 6.15. The smallest absolute Gasteiger partial charge is 0.222 e. The normalized spacial score (nSPS) is 27.8. The van der Waals surface area contributed by atoms with Gasteiger partial charge in [-0.2, -0.15) is 0 Å². The van der Waals surface area contributed by atoms with E-state index >= 15 is 0 Å². The molecule has 0 aliphatic carbocycles. The second kappa shape index (κ2) is 2.98.